The zero-order valence-corrected chi connectivity index (χ0v) is 14.4. The summed E-state index contributed by atoms with van der Waals surface area (Å²) in [5.41, 5.74) is 1.19. The first-order valence-corrected chi connectivity index (χ1v) is 8.18. The zero-order valence-electron chi connectivity index (χ0n) is 14.4. The molecule has 1 amide bonds. The lowest BCUT2D eigenvalue weighted by atomic mass is 10.1. The molecule has 3 aromatic rings. The van der Waals surface area contributed by atoms with E-state index < -0.39 is 11.7 Å². The average Bonchev–Trinajstić information content (AvgIpc) is 3.08. The Hall–Kier alpha value is -3.16. The van der Waals surface area contributed by atoms with E-state index in [1.807, 2.05) is 0 Å². The van der Waals surface area contributed by atoms with Gasteiger partial charge in [0, 0.05) is 17.7 Å². The fourth-order valence-corrected chi connectivity index (χ4v) is 2.46. The Bertz CT molecular complexity index is 917. The van der Waals surface area contributed by atoms with E-state index in [4.69, 9.17) is 4.52 Å². The summed E-state index contributed by atoms with van der Waals surface area (Å²) in [4.78, 5) is 16.3. The topological polar surface area (TPSA) is 68.0 Å². The lowest BCUT2D eigenvalue weighted by Gasteiger charge is -2.08. The number of aromatic nitrogens is 2. The number of benzene rings is 2. The van der Waals surface area contributed by atoms with Gasteiger partial charge < -0.3 is 9.84 Å². The Morgan fingerprint density at radius 3 is 2.30 bits per heavy atom. The number of amides is 1. The molecule has 140 valence electrons. The van der Waals surface area contributed by atoms with Crippen molar-refractivity contribution in [3.8, 4) is 11.5 Å². The van der Waals surface area contributed by atoms with Gasteiger partial charge in [-0.15, -0.1) is 0 Å². The minimum Gasteiger partial charge on any atom is -0.352 e. The van der Waals surface area contributed by atoms with Crippen LogP contribution in [0.2, 0.25) is 0 Å². The van der Waals surface area contributed by atoms with Gasteiger partial charge in [-0.25, -0.2) is 0 Å². The van der Waals surface area contributed by atoms with Crippen LogP contribution in [0.3, 0.4) is 0 Å². The molecular formula is C19H16F3N3O2. The molecule has 1 heterocycles. The number of aryl methyl sites for hydroxylation is 1. The molecule has 0 aliphatic rings. The number of rotatable bonds is 5. The van der Waals surface area contributed by atoms with Crippen molar-refractivity contribution in [3.05, 3.63) is 71.0 Å². The summed E-state index contributed by atoms with van der Waals surface area (Å²) >= 11 is 0. The average molecular weight is 375 g/mol. The van der Waals surface area contributed by atoms with Crippen LogP contribution in [0.25, 0.3) is 11.5 Å². The third kappa shape index (κ3) is 4.72. The van der Waals surface area contributed by atoms with Crippen LogP contribution >= 0.6 is 0 Å². The quantitative estimate of drug-likeness (QED) is 0.731. The van der Waals surface area contributed by atoms with Crippen LogP contribution in [0.4, 0.5) is 13.2 Å². The summed E-state index contributed by atoms with van der Waals surface area (Å²) in [7, 11) is 0. The summed E-state index contributed by atoms with van der Waals surface area (Å²) in [6.07, 6.45) is -3.91. The van der Waals surface area contributed by atoms with Crippen molar-refractivity contribution in [3.63, 3.8) is 0 Å². The Morgan fingerprint density at radius 1 is 1.07 bits per heavy atom. The molecule has 2 aromatic carbocycles. The highest BCUT2D eigenvalue weighted by molar-refractivity contribution is 5.94. The van der Waals surface area contributed by atoms with Crippen molar-refractivity contribution in [1.29, 1.82) is 0 Å². The first-order chi connectivity index (χ1) is 12.8. The molecule has 8 heteroatoms. The molecule has 1 N–H and O–H groups in total. The van der Waals surface area contributed by atoms with Gasteiger partial charge in [0.25, 0.3) is 11.8 Å². The third-order valence-electron chi connectivity index (χ3n) is 3.90. The van der Waals surface area contributed by atoms with Crippen molar-refractivity contribution in [2.75, 3.05) is 6.54 Å². The standard InChI is InChI=1S/C19H16F3N3O2/c1-12-24-18(27-25-12)15-6-4-14(5-7-15)17(26)23-11-10-13-2-8-16(9-3-13)19(20,21)22/h2-9H,10-11H2,1H3,(H,23,26). The predicted molar refractivity (Wildman–Crippen MR) is 92.0 cm³/mol. The maximum Gasteiger partial charge on any atom is 0.416 e. The fraction of sp³-hybridized carbons (Fsp3) is 0.211. The van der Waals surface area contributed by atoms with E-state index >= 15 is 0 Å². The first-order valence-electron chi connectivity index (χ1n) is 8.18. The van der Waals surface area contributed by atoms with E-state index in [1.54, 1.807) is 31.2 Å². The Morgan fingerprint density at radius 2 is 1.74 bits per heavy atom. The zero-order chi connectivity index (χ0) is 19.4. The van der Waals surface area contributed by atoms with Crippen molar-refractivity contribution in [2.45, 2.75) is 19.5 Å². The van der Waals surface area contributed by atoms with Gasteiger partial charge in [-0.3, -0.25) is 4.79 Å². The van der Waals surface area contributed by atoms with Crippen molar-refractivity contribution in [2.24, 2.45) is 0 Å². The molecule has 0 spiro atoms. The molecule has 0 aliphatic heterocycles. The van der Waals surface area contributed by atoms with Crippen LogP contribution in [0.1, 0.15) is 27.3 Å². The molecule has 5 nitrogen and oxygen atoms in total. The number of hydrogen-bond acceptors (Lipinski definition) is 4. The highest BCUT2D eigenvalue weighted by atomic mass is 19.4. The smallest absolute Gasteiger partial charge is 0.352 e. The van der Waals surface area contributed by atoms with Crippen molar-refractivity contribution < 1.29 is 22.5 Å². The first kappa shape index (κ1) is 18.6. The molecular weight excluding hydrogens is 359 g/mol. The number of halogens is 3. The number of carbonyl (C=O) groups is 1. The highest BCUT2D eigenvalue weighted by Gasteiger charge is 2.29. The molecule has 0 saturated heterocycles. The minimum atomic E-state index is -4.35. The second kappa shape index (κ2) is 7.61. The van der Waals surface area contributed by atoms with Gasteiger partial charge in [0.2, 0.25) is 0 Å². The summed E-state index contributed by atoms with van der Waals surface area (Å²) in [6, 6.07) is 11.6. The molecule has 3 rings (SSSR count). The largest absolute Gasteiger partial charge is 0.416 e. The molecule has 0 aliphatic carbocycles. The summed E-state index contributed by atoms with van der Waals surface area (Å²) in [5, 5.41) is 6.45. The van der Waals surface area contributed by atoms with Gasteiger partial charge in [-0.05, 0) is 55.3 Å². The van der Waals surface area contributed by atoms with Gasteiger partial charge in [-0.1, -0.05) is 17.3 Å². The molecule has 0 atom stereocenters. The van der Waals surface area contributed by atoms with Gasteiger partial charge in [0.15, 0.2) is 5.82 Å². The van der Waals surface area contributed by atoms with E-state index in [-0.39, 0.29) is 5.91 Å². The van der Waals surface area contributed by atoms with Crippen LogP contribution < -0.4 is 5.32 Å². The van der Waals surface area contributed by atoms with Gasteiger partial charge in [0.05, 0.1) is 5.56 Å². The molecule has 27 heavy (non-hydrogen) atoms. The van der Waals surface area contributed by atoms with Crippen LogP contribution in [0, 0.1) is 6.92 Å². The molecule has 0 radical (unpaired) electrons. The Labute approximate surface area is 153 Å². The van der Waals surface area contributed by atoms with E-state index in [0.29, 0.717) is 41.4 Å². The molecule has 1 aromatic heterocycles. The van der Waals surface area contributed by atoms with E-state index in [9.17, 15) is 18.0 Å². The maximum atomic E-state index is 12.5. The van der Waals surface area contributed by atoms with Crippen LogP contribution in [-0.4, -0.2) is 22.6 Å². The third-order valence-corrected chi connectivity index (χ3v) is 3.90. The normalized spacial score (nSPS) is 11.4. The Balaban J connectivity index is 1.53. The lowest BCUT2D eigenvalue weighted by molar-refractivity contribution is -0.137. The van der Waals surface area contributed by atoms with Crippen LogP contribution in [0.15, 0.2) is 53.1 Å². The van der Waals surface area contributed by atoms with Crippen molar-refractivity contribution in [1.82, 2.24) is 15.5 Å². The van der Waals surface area contributed by atoms with Gasteiger partial charge >= 0.3 is 6.18 Å². The fourth-order valence-electron chi connectivity index (χ4n) is 2.46. The van der Waals surface area contributed by atoms with Gasteiger partial charge in [-0.2, -0.15) is 18.2 Å². The molecule has 0 bridgehead atoms. The Kier molecular flexibility index (Phi) is 5.25. The second-order valence-electron chi connectivity index (χ2n) is 5.92. The van der Waals surface area contributed by atoms with E-state index in [2.05, 4.69) is 15.5 Å². The summed E-state index contributed by atoms with van der Waals surface area (Å²) < 4.78 is 42.7. The monoisotopic (exact) mass is 375 g/mol. The lowest BCUT2D eigenvalue weighted by Crippen LogP contribution is -2.25. The van der Waals surface area contributed by atoms with E-state index in [1.165, 1.54) is 12.1 Å². The summed E-state index contributed by atoms with van der Waals surface area (Å²) in [6.45, 7) is 2.03. The number of nitrogens with zero attached hydrogens (tertiary/aromatic N) is 2. The van der Waals surface area contributed by atoms with E-state index in [0.717, 1.165) is 12.1 Å². The van der Waals surface area contributed by atoms with Gasteiger partial charge in [0.1, 0.15) is 0 Å². The molecule has 0 unspecified atom stereocenters. The summed E-state index contributed by atoms with van der Waals surface area (Å²) in [5.74, 6) is 0.631. The van der Waals surface area contributed by atoms with Crippen LogP contribution in [0.5, 0.6) is 0 Å². The molecule has 0 saturated carbocycles. The second-order valence-corrected chi connectivity index (χ2v) is 5.92. The predicted octanol–water partition coefficient (Wildman–Crippen LogP) is 4.04. The number of nitrogens with one attached hydrogen (secondary N) is 1. The minimum absolute atomic E-state index is 0.268. The highest BCUT2D eigenvalue weighted by Crippen LogP contribution is 2.29. The maximum absolute atomic E-state index is 12.5. The molecule has 0 fully saturated rings. The number of carbonyl (C=O) groups excluding carboxylic acids is 1. The number of hydrogen-bond donors (Lipinski definition) is 1. The van der Waals surface area contributed by atoms with Crippen molar-refractivity contribution >= 4 is 5.91 Å². The van der Waals surface area contributed by atoms with Crippen LogP contribution in [-0.2, 0) is 12.6 Å². The number of alkyl halides is 3. The SMILES string of the molecule is Cc1noc(-c2ccc(C(=O)NCCc3ccc(C(F)(F)F)cc3)cc2)n1.